The molecule has 0 aromatic heterocycles. The topological polar surface area (TPSA) is 127 Å². The summed E-state index contributed by atoms with van der Waals surface area (Å²) in [6.07, 6.45) is 0. The normalized spacial score (nSPS) is 5.33. The van der Waals surface area contributed by atoms with Gasteiger partial charge in [0.25, 0.3) is 10.2 Å². The van der Waals surface area contributed by atoms with Gasteiger partial charge in [-0.2, -0.15) is 0 Å². The van der Waals surface area contributed by atoms with Crippen LogP contribution in [-0.4, -0.2) is 20.6 Å². The molecule has 0 amide bonds. The Hall–Kier alpha value is -0.678. The summed E-state index contributed by atoms with van der Waals surface area (Å²) in [6, 6.07) is 0. The molecule has 0 rings (SSSR count). The zero-order valence-corrected chi connectivity index (χ0v) is 8.17. The first kappa shape index (κ1) is 15.8. The van der Waals surface area contributed by atoms with Gasteiger partial charge in [-0.3, -0.25) is 0 Å². The van der Waals surface area contributed by atoms with Crippen molar-refractivity contribution in [3.05, 3.63) is 20.2 Å². The van der Waals surface area contributed by atoms with Gasteiger partial charge < -0.3 is 10.4 Å². The van der Waals surface area contributed by atoms with Gasteiger partial charge in [0.2, 0.25) is 0 Å². The van der Waals surface area contributed by atoms with Crippen LogP contribution in [0.5, 0.6) is 0 Å². The summed E-state index contributed by atoms with van der Waals surface area (Å²) in [5.41, 5.74) is 0. The van der Waals surface area contributed by atoms with E-state index in [4.69, 9.17) is 30.6 Å². The Morgan fingerprint density at radius 2 is 1.00 bits per heavy atom. The minimum absolute atomic E-state index is 0. The van der Waals surface area contributed by atoms with Gasteiger partial charge in [0.1, 0.15) is 0 Å². The van der Waals surface area contributed by atoms with Crippen LogP contribution < -0.4 is 0 Å². The molecule has 0 heterocycles. The Kier molecular flexibility index (Phi) is 18.1. The summed E-state index contributed by atoms with van der Waals surface area (Å²) < 4.78 is 0. The third-order valence-corrected chi connectivity index (χ3v) is 0. The fourth-order valence-corrected chi connectivity index (χ4v) is 0. The van der Waals surface area contributed by atoms with Gasteiger partial charge in [-0.25, -0.2) is 0 Å². The zero-order chi connectivity index (χ0) is 7.15. The third-order valence-electron chi connectivity index (χ3n) is 0. The van der Waals surface area contributed by atoms with Gasteiger partial charge in [0, 0.05) is 0 Å². The fraction of sp³-hybridized carbons (Fsp3) is 0. The number of hydrogen-bond acceptors (Lipinski definition) is 4. The maximum absolute atomic E-state index is 8.36. The molecule has 0 atom stereocenters. The van der Waals surface area contributed by atoms with E-state index in [1.165, 1.54) is 0 Å². The Bertz CT molecular complexity index is 69.1. The fourth-order valence-electron chi connectivity index (χ4n) is 0. The standard InChI is InChI=1S/Cd.2HNO3/c;2*2-1(3)4/h;2*(H,2,3,4)/q+2;;. The third kappa shape index (κ3) is 451. The second-order valence-corrected chi connectivity index (χ2v) is 0.476. The van der Waals surface area contributed by atoms with Crippen LogP contribution in [0, 0.1) is 20.2 Å². The minimum Gasteiger partial charge on any atom is -0.328 e. The molecule has 2 N–H and O–H groups in total. The van der Waals surface area contributed by atoms with E-state index in [9.17, 15) is 0 Å². The van der Waals surface area contributed by atoms with Crippen LogP contribution >= 0.6 is 0 Å². The minimum atomic E-state index is -1.50. The van der Waals surface area contributed by atoms with E-state index in [-0.39, 0.29) is 27.3 Å². The van der Waals surface area contributed by atoms with Crippen LogP contribution in [0.3, 0.4) is 0 Å². The summed E-state index contributed by atoms with van der Waals surface area (Å²) in [4.78, 5) is 16.7. The van der Waals surface area contributed by atoms with Crippen molar-refractivity contribution >= 4 is 0 Å². The molecular weight excluding hydrogens is 236 g/mol. The van der Waals surface area contributed by atoms with Gasteiger partial charge in [0.05, 0.1) is 0 Å². The van der Waals surface area contributed by atoms with Crippen molar-refractivity contribution in [3.63, 3.8) is 0 Å². The molecule has 8 nitrogen and oxygen atoms in total. The molecule has 0 bridgehead atoms. The van der Waals surface area contributed by atoms with Crippen LogP contribution in [0.4, 0.5) is 0 Å². The molecule has 9 heavy (non-hydrogen) atoms. The molecular formula is H2CdN2O6+2. The Morgan fingerprint density at radius 3 is 1.00 bits per heavy atom. The Morgan fingerprint density at radius 1 is 1.00 bits per heavy atom. The van der Waals surface area contributed by atoms with Crippen molar-refractivity contribution in [2.75, 3.05) is 0 Å². The van der Waals surface area contributed by atoms with E-state index in [1.807, 2.05) is 0 Å². The largest absolute Gasteiger partial charge is 2.00 e. The molecule has 0 saturated carbocycles. The van der Waals surface area contributed by atoms with Crippen molar-refractivity contribution in [2.45, 2.75) is 0 Å². The van der Waals surface area contributed by atoms with Crippen molar-refractivity contribution < 1.29 is 47.9 Å². The molecule has 0 aliphatic rings. The number of rotatable bonds is 0. The van der Waals surface area contributed by atoms with Gasteiger partial charge in [-0.15, -0.1) is 20.2 Å². The molecule has 9 heteroatoms. The van der Waals surface area contributed by atoms with Gasteiger partial charge in [-0.1, -0.05) is 0 Å². The summed E-state index contributed by atoms with van der Waals surface area (Å²) in [5.74, 6) is 0. The number of nitrogens with zero attached hydrogens (tertiary/aromatic N) is 2. The van der Waals surface area contributed by atoms with E-state index in [2.05, 4.69) is 0 Å². The van der Waals surface area contributed by atoms with Crippen LogP contribution in [0.25, 0.3) is 0 Å². The van der Waals surface area contributed by atoms with Gasteiger partial charge in [-0.05, 0) is 0 Å². The van der Waals surface area contributed by atoms with Crippen molar-refractivity contribution in [1.82, 2.24) is 0 Å². The first-order valence-electron chi connectivity index (χ1n) is 1.13. The first-order chi connectivity index (χ1) is 3.46. The average Bonchev–Trinajstić information content (AvgIpc) is 1.25. The molecule has 0 unspecified atom stereocenters. The number of hydrogen-bond donors (Lipinski definition) is 2. The smallest absolute Gasteiger partial charge is 0.328 e. The van der Waals surface area contributed by atoms with Crippen LogP contribution in [0.1, 0.15) is 0 Å². The Labute approximate surface area is 68.5 Å². The van der Waals surface area contributed by atoms with E-state index >= 15 is 0 Å². The van der Waals surface area contributed by atoms with Crippen molar-refractivity contribution in [2.24, 2.45) is 0 Å². The van der Waals surface area contributed by atoms with Crippen molar-refractivity contribution in [3.8, 4) is 0 Å². The second-order valence-electron chi connectivity index (χ2n) is 0.476. The molecule has 0 spiro atoms. The van der Waals surface area contributed by atoms with Crippen LogP contribution in [-0.2, 0) is 27.3 Å². The van der Waals surface area contributed by atoms with E-state index in [0.29, 0.717) is 0 Å². The average molecular weight is 238 g/mol. The SMILES string of the molecule is O=[N+]([O-])O.O=[N+]([O-])O.[Cd+2]. The van der Waals surface area contributed by atoms with E-state index in [0.717, 1.165) is 0 Å². The monoisotopic (exact) mass is 240 g/mol. The van der Waals surface area contributed by atoms with Crippen LogP contribution in [0.15, 0.2) is 0 Å². The summed E-state index contributed by atoms with van der Waals surface area (Å²) in [5, 5.41) is 27.3. The quantitative estimate of drug-likeness (QED) is 0.326. The Balaban J connectivity index is -0.0000000720. The van der Waals surface area contributed by atoms with Gasteiger partial charge in [0.15, 0.2) is 0 Å². The maximum Gasteiger partial charge on any atom is 2.00 e. The molecule has 0 saturated heterocycles. The van der Waals surface area contributed by atoms with E-state index < -0.39 is 10.2 Å². The first-order valence-corrected chi connectivity index (χ1v) is 1.13. The molecule has 0 radical (unpaired) electrons. The molecule has 0 aliphatic carbocycles. The van der Waals surface area contributed by atoms with Crippen LogP contribution in [0.2, 0.25) is 0 Å². The maximum atomic E-state index is 8.36. The predicted octanol–water partition coefficient (Wildman–Crippen LogP) is -0.698. The summed E-state index contributed by atoms with van der Waals surface area (Å²) in [6.45, 7) is 0. The summed E-state index contributed by atoms with van der Waals surface area (Å²) in [7, 11) is 0. The summed E-state index contributed by atoms with van der Waals surface area (Å²) >= 11 is 0. The predicted molar refractivity (Wildman–Crippen MR) is 17.6 cm³/mol. The molecule has 0 aliphatic heterocycles. The van der Waals surface area contributed by atoms with Gasteiger partial charge >= 0.3 is 27.3 Å². The van der Waals surface area contributed by atoms with Crippen molar-refractivity contribution in [1.29, 1.82) is 0 Å². The molecule has 48 valence electrons. The molecule has 0 fully saturated rings. The molecule has 0 aromatic rings. The van der Waals surface area contributed by atoms with E-state index in [1.54, 1.807) is 0 Å². The zero-order valence-electron chi connectivity index (χ0n) is 4.13. The molecule has 0 aromatic carbocycles. The second kappa shape index (κ2) is 10.3.